The Morgan fingerprint density at radius 3 is 2.62 bits per heavy atom. The first kappa shape index (κ1) is 9.53. The van der Waals surface area contributed by atoms with Crippen LogP contribution in [-0.2, 0) is 0 Å². The lowest BCUT2D eigenvalue weighted by Gasteiger charge is -2.03. The van der Waals surface area contributed by atoms with Gasteiger partial charge in [-0.05, 0) is 23.6 Å². The summed E-state index contributed by atoms with van der Waals surface area (Å²) in [5, 5.41) is 0. The average Bonchev–Trinajstić information content (AvgIpc) is 2.15. The van der Waals surface area contributed by atoms with E-state index in [0.29, 0.717) is 0 Å². The van der Waals surface area contributed by atoms with Crippen LogP contribution in [0, 0.1) is 6.92 Å². The van der Waals surface area contributed by atoms with E-state index in [1.165, 1.54) is 11.1 Å². The lowest BCUT2D eigenvalue weighted by atomic mass is 10.0. The Morgan fingerprint density at radius 1 is 1.31 bits per heavy atom. The largest absolute Gasteiger partial charge is 0.0991 e. The summed E-state index contributed by atoms with van der Waals surface area (Å²) in [5.41, 5.74) is 3.47. The summed E-state index contributed by atoms with van der Waals surface area (Å²) in [5.74, 6) is 0. The van der Waals surface area contributed by atoms with Gasteiger partial charge in [-0.25, -0.2) is 0 Å². The molecule has 1 aromatic rings. The molecule has 1 rings (SSSR count). The molecule has 0 aromatic heterocycles. The van der Waals surface area contributed by atoms with Gasteiger partial charge in [0.15, 0.2) is 0 Å². The van der Waals surface area contributed by atoms with Crippen molar-refractivity contribution in [3.05, 3.63) is 66.8 Å². The van der Waals surface area contributed by atoms with E-state index >= 15 is 0 Å². The fourth-order valence-corrected chi connectivity index (χ4v) is 1.21. The first-order valence-corrected chi connectivity index (χ1v) is 4.29. The van der Waals surface area contributed by atoms with E-state index in [-0.39, 0.29) is 0 Å². The van der Waals surface area contributed by atoms with Gasteiger partial charge in [-0.15, -0.1) is 0 Å². The van der Waals surface area contributed by atoms with Gasteiger partial charge >= 0.3 is 0 Å². The second-order valence-electron chi connectivity index (χ2n) is 2.93. The van der Waals surface area contributed by atoms with E-state index in [1.807, 2.05) is 24.3 Å². The predicted octanol–water partition coefficient (Wildman–Crippen LogP) is 3.75. The van der Waals surface area contributed by atoms with Crippen molar-refractivity contribution in [2.24, 2.45) is 0 Å². The van der Waals surface area contributed by atoms with Crippen molar-refractivity contribution in [3.63, 3.8) is 0 Å². The minimum atomic E-state index is 1.03. The van der Waals surface area contributed by atoms with Gasteiger partial charge in [0, 0.05) is 0 Å². The van der Waals surface area contributed by atoms with E-state index in [0.717, 1.165) is 5.57 Å². The molecule has 0 fully saturated rings. The number of rotatable bonds is 3. The Hall–Kier alpha value is -1.56. The zero-order chi connectivity index (χ0) is 9.68. The fraction of sp³-hybridized carbons (Fsp3) is 0.0769. The van der Waals surface area contributed by atoms with Crippen LogP contribution in [0.2, 0.25) is 0 Å². The van der Waals surface area contributed by atoms with Crippen LogP contribution in [0.3, 0.4) is 0 Å². The third-order valence-electron chi connectivity index (χ3n) is 1.92. The second kappa shape index (κ2) is 4.46. The highest BCUT2D eigenvalue weighted by molar-refractivity contribution is 5.74. The van der Waals surface area contributed by atoms with Gasteiger partial charge in [0.2, 0.25) is 0 Å². The quantitative estimate of drug-likeness (QED) is 0.606. The molecule has 13 heavy (non-hydrogen) atoms. The number of aryl methyl sites for hydroxylation is 1. The zero-order valence-corrected chi connectivity index (χ0v) is 7.96. The van der Waals surface area contributed by atoms with E-state index in [4.69, 9.17) is 0 Å². The standard InChI is InChI=1S/C13H14/c1-4-5-8-11(2)13-10-7-6-9-12(13)3/h4-10H,1-2H2,3H3. The Bertz CT molecular complexity index is 343. The molecule has 0 aliphatic carbocycles. The Kier molecular flexibility index (Phi) is 3.27. The Balaban J connectivity index is 2.95. The van der Waals surface area contributed by atoms with Crippen LogP contribution >= 0.6 is 0 Å². The molecule has 0 heteroatoms. The summed E-state index contributed by atoms with van der Waals surface area (Å²) in [6, 6.07) is 8.21. The molecule has 0 saturated carbocycles. The third kappa shape index (κ3) is 2.45. The molecule has 0 aliphatic rings. The maximum Gasteiger partial charge on any atom is -0.0161 e. The second-order valence-corrected chi connectivity index (χ2v) is 2.93. The highest BCUT2D eigenvalue weighted by Crippen LogP contribution is 2.17. The van der Waals surface area contributed by atoms with E-state index in [9.17, 15) is 0 Å². The lowest BCUT2D eigenvalue weighted by molar-refractivity contribution is 1.43. The third-order valence-corrected chi connectivity index (χ3v) is 1.92. The SMILES string of the molecule is C=CC=CC(=C)c1ccccc1C. The van der Waals surface area contributed by atoms with Gasteiger partial charge in [0.05, 0.1) is 0 Å². The molecule has 0 saturated heterocycles. The Labute approximate surface area is 79.9 Å². The number of allylic oxidation sites excluding steroid dienone is 4. The first-order valence-electron chi connectivity index (χ1n) is 4.29. The maximum absolute atomic E-state index is 3.99. The van der Waals surface area contributed by atoms with Crippen molar-refractivity contribution in [2.45, 2.75) is 6.92 Å². The van der Waals surface area contributed by atoms with Crippen molar-refractivity contribution in [2.75, 3.05) is 0 Å². The summed E-state index contributed by atoms with van der Waals surface area (Å²) >= 11 is 0. The van der Waals surface area contributed by atoms with Gasteiger partial charge < -0.3 is 0 Å². The van der Waals surface area contributed by atoms with Gasteiger partial charge in [0.25, 0.3) is 0 Å². The zero-order valence-electron chi connectivity index (χ0n) is 7.96. The van der Waals surface area contributed by atoms with Crippen molar-refractivity contribution >= 4 is 5.57 Å². The van der Waals surface area contributed by atoms with Crippen LogP contribution < -0.4 is 0 Å². The van der Waals surface area contributed by atoms with Gasteiger partial charge in [-0.1, -0.05) is 55.7 Å². The lowest BCUT2D eigenvalue weighted by Crippen LogP contribution is -1.83. The highest BCUT2D eigenvalue weighted by atomic mass is 14.0. The molecule has 66 valence electrons. The maximum atomic E-state index is 3.99. The molecule has 0 spiro atoms. The summed E-state index contributed by atoms with van der Waals surface area (Å²) in [7, 11) is 0. The summed E-state index contributed by atoms with van der Waals surface area (Å²) in [4.78, 5) is 0. The van der Waals surface area contributed by atoms with Crippen LogP contribution in [0.5, 0.6) is 0 Å². The minimum Gasteiger partial charge on any atom is -0.0991 e. The number of hydrogen-bond acceptors (Lipinski definition) is 0. The Morgan fingerprint density at radius 2 is 2.00 bits per heavy atom. The molecule has 0 radical (unpaired) electrons. The molecule has 0 N–H and O–H groups in total. The molecule has 0 amide bonds. The number of benzene rings is 1. The van der Waals surface area contributed by atoms with Gasteiger partial charge in [0.1, 0.15) is 0 Å². The van der Waals surface area contributed by atoms with Crippen molar-refractivity contribution in [1.82, 2.24) is 0 Å². The van der Waals surface area contributed by atoms with Crippen molar-refractivity contribution in [1.29, 1.82) is 0 Å². The van der Waals surface area contributed by atoms with Gasteiger partial charge in [-0.2, -0.15) is 0 Å². The van der Waals surface area contributed by atoms with Crippen LogP contribution in [0.4, 0.5) is 0 Å². The first-order chi connectivity index (χ1) is 6.25. The monoisotopic (exact) mass is 170 g/mol. The molecule has 1 aromatic carbocycles. The van der Waals surface area contributed by atoms with E-state index in [1.54, 1.807) is 6.08 Å². The highest BCUT2D eigenvalue weighted by Gasteiger charge is 1.96. The van der Waals surface area contributed by atoms with E-state index in [2.05, 4.69) is 32.2 Å². The summed E-state index contributed by atoms with van der Waals surface area (Å²) in [6.45, 7) is 9.70. The molecule has 0 heterocycles. The topological polar surface area (TPSA) is 0 Å². The van der Waals surface area contributed by atoms with Crippen LogP contribution in [-0.4, -0.2) is 0 Å². The van der Waals surface area contributed by atoms with E-state index < -0.39 is 0 Å². The van der Waals surface area contributed by atoms with Crippen LogP contribution in [0.15, 0.2) is 55.7 Å². The minimum absolute atomic E-state index is 1.03. The normalized spacial score (nSPS) is 10.2. The fourth-order valence-electron chi connectivity index (χ4n) is 1.21. The average molecular weight is 170 g/mol. The van der Waals surface area contributed by atoms with Gasteiger partial charge in [-0.3, -0.25) is 0 Å². The summed E-state index contributed by atoms with van der Waals surface area (Å²) < 4.78 is 0. The molecular weight excluding hydrogens is 156 g/mol. The molecule has 0 bridgehead atoms. The molecule has 0 aliphatic heterocycles. The number of hydrogen-bond donors (Lipinski definition) is 0. The molecular formula is C13H14. The molecule has 0 atom stereocenters. The molecule has 0 unspecified atom stereocenters. The van der Waals surface area contributed by atoms with Crippen LogP contribution in [0.1, 0.15) is 11.1 Å². The van der Waals surface area contributed by atoms with Crippen LogP contribution in [0.25, 0.3) is 5.57 Å². The molecule has 0 nitrogen and oxygen atoms in total. The van der Waals surface area contributed by atoms with Crippen molar-refractivity contribution in [3.8, 4) is 0 Å². The smallest absolute Gasteiger partial charge is 0.0161 e. The predicted molar refractivity (Wildman–Crippen MR) is 59.6 cm³/mol. The summed E-state index contributed by atoms with van der Waals surface area (Å²) in [6.07, 6.45) is 5.62. The van der Waals surface area contributed by atoms with Crippen molar-refractivity contribution < 1.29 is 0 Å².